The van der Waals surface area contributed by atoms with Crippen LogP contribution in [0.25, 0.3) is 0 Å². The predicted octanol–water partition coefficient (Wildman–Crippen LogP) is 3.25. The average Bonchev–Trinajstić information content (AvgIpc) is 2.87. The Labute approximate surface area is 214 Å². The minimum atomic E-state index is 0.0347. The molecule has 1 atom stereocenters. The zero-order valence-electron chi connectivity index (χ0n) is 22.6. The van der Waals surface area contributed by atoms with E-state index in [1.807, 2.05) is 0 Å². The third kappa shape index (κ3) is 29.8. The van der Waals surface area contributed by atoms with Gasteiger partial charge >= 0.3 is 0 Å². The van der Waals surface area contributed by atoms with E-state index in [1.165, 1.54) is 25.7 Å². The Balaban J connectivity index is 3.20. The van der Waals surface area contributed by atoms with Crippen molar-refractivity contribution < 1.29 is 43.0 Å². The molecule has 0 fully saturated rings. The van der Waals surface area contributed by atoms with Crippen molar-refractivity contribution in [1.82, 2.24) is 0 Å². The van der Waals surface area contributed by atoms with Gasteiger partial charge in [-0.25, -0.2) is 0 Å². The van der Waals surface area contributed by atoms with Crippen LogP contribution in [0.1, 0.15) is 58.8 Å². The molecule has 0 saturated heterocycles. The quantitative estimate of drug-likeness (QED) is 0.141. The molecule has 1 N–H and O–H groups in total. The summed E-state index contributed by atoms with van der Waals surface area (Å²) in [4.78, 5) is 0. The summed E-state index contributed by atoms with van der Waals surface area (Å²) in [6, 6.07) is 0. The second kappa shape index (κ2) is 31.7. The molecular weight excluding hydrogens is 456 g/mol. The van der Waals surface area contributed by atoms with Crippen molar-refractivity contribution in [3.05, 3.63) is 0 Å². The van der Waals surface area contributed by atoms with Crippen molar-refractivity contribution in [2.24, 2.45) is 0 Å². The largest absolute Gasteiger partial charge is 0.394 e. The molecule has 0 saturated carbocycles. The molecule has 1 unspecified atom stereocenters. The first-order valence-electron chi connectivity index (χ1n) is 13.6. The first-order chi connectivity index (χ1) is 17.3. The number of ether oxygens (including phenoxy) is 8. The fourth-order valence-corrected chi connectivity index (χ4v) is 3.19. The molecule has 0 aromatic heterocycles. The maximum atomic E-state index is 8.56. The number of unbranched alkanes of at least 4 members (excludes halogenated alkanes) is 3. The van der Waals surface area contributed by atoms with Crippen molar-refractivity contribution in [1.29, 1.82) is 0 Å². The molecule has 0 aliphatic heterocycles. The number of aliphatic hydroxyl groups is 1. The lowest BCUT2D eigenvalue weighted by molar-refractivity contribution is -0.0303. The molecule has 0 amide bonds. The van der Waals surface area contributed by atoms with E-state index < -0.39 is 0 Å². The second-order valence-corrected chi connectivity index (χ2v) is 8.14. The maximum Gasteiger partial charge on any atom is 0.0704 e. The third-order valence-electron chi connectivity index (χ3n) is 5.04. The van der Waals surface area contributed by atoms with Crippen molar-refractivity contribution in [2.45, 2.75) is 64.9 Å². The summed E-state index contributed by atoms with van der Waals surface area (Å²) in [5.74, 6) is 0. The van der Waals surface area contributed by atoms with E-state index in [-0.39, 0.29) is 6.61 Å². The molecule has 0 bridgehead atoms. The Bertz CT molecular complexity index is 375. The van der Waals surface area contributed by atoms with Crippen LogP contribution < -0.4 is 0 Å². The van der Waals surface area contributed by atoms with E-state index in [2.05, 4.69) is 13.8 Å². The van der Waals surface area contributed by atoms with Gasteiger partial charge in [0.2, 0.25) is 0 Å². The van der Waals surface area contributed by atoms with Crippen LogP contribution in [-0.2, 0) is 37.9 Å². The first-order valence-corrected chi connectivity index (χ1v) is 13.6. The standard InChI is InChI=1S/C26H54O9/c1-3-5-6-7-9-26(8-4-2)35-25-24-34-23-22-33-21-20-32-19-18-31-17-16-30-15-14-29-13-12-28-11-10-27/h26-27H,3-25H2,1-2H3. The van der Waals surface area contributed by atoms with Gasteiger partial charge in [-0.15, -0.1) is 0 Å². The SMILES string of the molecule is CCCCCCC(CCC)OCCOCCOCCOCCOCCOCCOCCOCCO. The van der Waals surface area contributed by atoms with E-state index in [4.69, 9.17) is 43.0 Å². The van der Waals surface area contributed by atoms with Crippen LogP contribution in [0.3, 0.4) is 0 Å². The smallest absolute Gasteiger partial charge is 0.0704 e. The minimum Gasteiger partial charge on any atom is -0.394 e. The van der Waals surface area contributed by atoms with Crippen LogP contribution in [0.4, 0.5) is 0 Å². The highest BCUT2D eigenvalue weighted by molar-refractivity contribution is 4.58. The number of rotatable bonds is 31. The number of aliphatic hydroxyl groups excluding tert-OH is 1. The Morgan fingerprint density at radius 3 is 1.20 bits per heavy atom. The van der Waals surface area contributed by atoms with E-state index in [9.17, 15) is 0 Å². The minimum absolute atomic E-state index is 0.0347. The summed E-state index contributed by atoms with van der Waals surface area (Å²) in [5, 5.41) is 8.56. The van der Waals surface area contributed by atoms with Gasteiger partial charge in [0.05, 0.1) is 112 Å². The predicted molar refractivity (Wildman–Crippen MR) is 136 cm³/mol. The second-order valence-electron chi connectivity index (χ2n) is 8.14. The third-order valence-corrected chi connectivity index (χ3v) is 5.04. The van der Waals surface area contributed by atoms with Gasteiger partial charge in [-0.05, 0) is 12.8 Å². The van der Waals surface area contributed by atoms with E-state index >= 15 is 0 Å². The Morgan fingerprint density at radius 1 is 0.429 bits per heavy atom. The fraction of sp³-hybridized carbons (Fsp3) is 1.00. The summed E-state index contributed by atoms with van der Waals surface area (Å²) < 4.78 is 43.8. The highest BCUT2D eigenvalue weighted by atomic mass is 16.6. The number of hydrogen-bond donors (Lipinski definition) is 1. The molecule has 0 aliphatic rings. The summed E-state index contributed by atoms with van der Waals surface area (Å²) in [7, 11) is 0. The van der Waals surface area contributed by atoms with Crippen molar-refractivity contribution in [3.63, 3.8) is 0 Å². The zero-order chi connectivity index (χ0) is 25.5. The van der Waals surface area contributed by atoms with Gasteiger partial charge in [0.15, 0.2) is 0 Å². The molecule has 212 valence electrons. The van der Waals surface area contributed by atoms with Crippen LogP contribution >= 0.6 is 0 Å². The summed E-state index contributed by atoms with van der Waals surface area (Å²) >= 11 is 0. The van der Waals surface area contributed by atoms with Crippen LogP contribution in [0.5, 0.6) is 0 Å². The average molecular weight is 511 g/mol. The maximum absolute atomic E-state index is 8.56. The Morgan fingerprint density at radius 2 is 0.829 bits per heavy atom. The highest BCUT2D eigenvalue weighted by Gasteiger charge is 2.07. The summed E-state index contributed by atoms with van der Waals surface area (Å²) in [6.45, 7) is 12.5. The Kier molecular flexibility index (Phi) is 31.3. The van der Waals surface area contributed by atoms with E-state index in [1.54, 1.807) is 0 Å². The normalized spacial score (nSPS) is 12.4. The van der Waals surface area contributed by atoms with Gasteiger partial charge in [0.1, 0.15) is 0 Å². The molecule has 9 nitrogen and oxygen atoms in total. The summed E-state index contributed by atoms with van der Waals surface area (Å²) in [6.07, 6.45) is 8.99. The molecule has 0 aliphatic carbocycles. The molecule has 0 heterocycles. The van der Waals surface area contributed by atoms with Crippen molar-refractivity contribution in [2.75, 3.05) is 106 Å². The molecular formula is C26H54O9. The van der Waals surface area contributed by atoms with Crippen LogP contribution in [0.2, 0.25) is 0 Å². The molecule has 0 rings (SSSR count). The van der Waals surface area contributed by atoms with Crippen molar-refractivity contribution >= 4 is 0 Å². The molecule has 0 spiro atoms. The lowest BCUT2D eigenvalue weighted by Crippen LogP contribution is -2.17. The Hall–Kier alpha value is -0.360. The lowest BCUT2D eigenvalue weighted by atomic mass is 10.1. The first kappa shape index (κ1) is 34.6. The van der Waals surface area contributed by atoms with Crippen LogP contribution in [0.15, 0.2) is 0 Å². The van der Waals surface area contributed by atoms with Gasteiger partial charge in [-0.1, -0.05) is 46.0 Å². The molecule has 9 heteroatoms. The van der Waals surface area contributed by atoms with Gasteiger partial charge < -0.3 is 43.0 Å². The molecule has 0 aromatic rings. The van der Waals surface area contributed by atoms with Gasteiger partial charge in [0.25, 0.3) is 0 Å². The van der Waals surface area contributed by atoms with Gasteiger partial charge in [0, 0.05) is 0 Å². The fourth-order valence-electron chi connectivity index (χ4n) is 3.19. The molecule has 35 heavy (non-hydrogen) atoms. The lowest BCUT2D eigenvalue weighted by Gasteiger charge is -2.17. The van der Waals surface area contributed by atoms with E-state index in [0.717, 1.165) is 19.3 Å². The summed E-state index contributed by atoms with van der Waals surface area (Å²) in [5.41, 5.74) is 0. The van der Waals surface area contributed by atoms with Crippen molar-refractivity contribution in [3.8, 4) is 0 Å². The zero-order valence-corrected chi connectivity index (χ0v) is 22.6. The monoisotopic (exact) mass is 510 g/mol. The molecule has 0 aromatic carbocycles. The van der Waals surface area contributed by atoms with Gasteiger partial charge in [-0.2, -0.15) is 0 Å². The number of hydrogen-bond acceptors (Lipinski definition) is 9. The van der Waals surface area contributed by atoms with Gasteiger partial charge in [-0.3, -0.25) is 0 Å². The van der Waals surface area contributed by atoms with Crippen LogP contribution in [-0.4, -0.2) is 117 Å². The van der Waals surface area contributed by atoms with E-state index in [0.29, 0.717) is 105 Å². The topological polar surface area (TPSA) is 94.1 Å². The highest BCUT2D eigenvalue weighted by Crippen LogP contribution is 2.12. The van der Waals surface area contributed by atoms with Crippen LogP contribution in [0, 0.1) is 0 Å². The molecule has 0 radical (unpaired) electrons.